The van der Waals surface area contributed by atoms with Crippen LogP contribution in [-0.4, -0.2) is 47.4 Å². The molecule has 0 saturated heterocycles. The average Bonchev–Trinajstić information content (AvgIpc) is 2.64. The molecule has 0 aromatic heterocycles. The second-order valence-corrected chi connectivity index (χ2v) is 8.46. The summed E-state index contributed by atoms with van der Waals surface area (Å²) in [5.74, 6) is -0.985. The number of carbonyl (C=O) groups is 3. The Hall–Kier alpha value is -3.03. The highest BCUT2D eigenvalue weighted by Gasteiger charge is 2.28. The van der Waals surface area contributed by atoms with E-state index in [0.29, 0.717) is 6.42 Å². The molecule has 1 aromatic rings. The number of phenolic OH excluding ortho intramolecular Hbond substituents is 1. The van der Waals surface area contributed by atoms with Gasteiger partial charge in [0.2, 0.25) is 5.91 Å². The van der Waals surface area contributed by atoms with Crippen LogP contribution < -0.4 is 10.6 Å². The topological polar surface area (TPSA) is 114 Å². The van der Waals surface area contributed by atoms with Crippen molar-refractivity contribution in [2.75, 3.05) is 6.61 Å². The third-order valence-electron chi connectivity index (χ3n) is 4.09. The van der Waals surface area contributed by atoms with E-state index in [-0.39, 0.29) is 18.3 Å². The molecule has 1 rings (SSSR count). The van der Waals surface area contributed by atoms with Gasteiger partial charge in [-0.3, -0.25) is 4.79 Å². The van der Waals surface area contributed by atoms with E-state index in [2.05, 4.69) is 10.6 Å². The normalized spacial score (nSPS) is 13.5. The molecule has 0 aliphatic rings. The summed E-state index contributed by atoms with van der Waals surface area (Å²) in [4.78, 5) is 36.8. The number of alkyl carbamates (subject to hydrolysis) is 1. The van der Waals surface area contributed by atoms with Crippen LogP contribution in [0.5, 0.6) is 5.75 Å². The lowest BCUT2D eigenvalue weighted by atomic mass is 10.0. The second kappa shape index (κ2) is 12.0. The van der Waals surface area contributed by atoms with Crippen LogP contribution in [0, 0.1) is 5.92 Å². The SMILES string of the molecule is CCOC(=O)/C=C/[C@H](Cc1ccc(O)cc1)NC(=O)[C@@H](NC(=O)OC(C)(C)C)C(C)C. The molecule has 0 aliphatic carbocycles. The summed E-state index contributed by atoms with van der Waals surface area (Å²) in [7, 11) is 0. The molecule has 0 radical (unpaired) electrons. The molecule has 172 valence electrons. The van der Waals surface area contributed by atoms with Gasteiger partial charge in [-0.2, -0.15) is 0 Å². The molecule has 0 fully saturated rings. The van der Waals surface area contributed by atoms with Gasteiger partial charge >= 0.3 is 12.1 Å². The van der Waals surface area contributed by atoms with Crippen molar-refractivity contribution in [2.24, 2.45) is 5.92 Å². The van der Waals surface area contributed by atoms with Crippen LogP contribution in [-0.2, 0) is 25.5 Å². The Balaban J connectivity index is 2.96. The maximum atomic E-state index is 12.9. The first-order valence-electron chi connectivity index (χ1n) is 10.3. The number of benzene rings is 1. The monoisotopic (exact) mass is 434 g/mol. The zero-order valence-corrected chi connectivity index (χ0v) is 19.1. The van der Waals surface area contributed by atoms with Crippen LogP contribution >= 0.6 is 0 Å². The Bertz CT molecular complexity index is 765. The van der Waals surface area contributed by atoms with Crippen molar-refractivity contribution in [2.45, 2.75) is 65.6 Å². The summed E-state index contributed by atoms with van der Waals surface area (Å²) < 4.78 is 10.2. The zero-order chi connectivity index (χ0) is 23.6. The van der Waals surface area contributed by atoms with Crippen molar-refractivity contribution in [1.29, 1.82) is 0 Å². The van der Waals surface area contributed by atoms with Crippen molar-refractivity contribution in [1.82, 2.24) is 10.6 Å². The number of carbonyl (C=O) groups excluding carboxylic acids is 3. The van der Waals surface area contributed by atoms with Crippen molar-refractivity contribution >= 4 is 18.0 Å². The first-order chi connectivity index (χ1) is 14.4. The standard InChI is InChI=1S/C23H34N2O6/c1-7-30-19(27)13-10-17(14-16-8-11-18(26)12-9-16)24-21(28)20(15(2)3)25-22(29)31-23(4,5)6/h8-13,15,17,20,26H,7,14H2,1-6H3,(H,24,28)(H,25,29)/b13-10+/t17-,20+/m1/s1. The predicted octanol–water partition coefficient (Wildman–Crippen LogP) is 3.09. The molecule has 0 spiro atoms. The van der Waals surface area contributed by atoms with Gasteiger partial charge in [0.1, 0.15) is 17.4 Å². The Morgan fingerprint density at radius 1 is 1.10 bits per heavy atom. The van der Waals surface area contributed by atoms with Crippen LogP contribution in [0.3, 0.4) is 0 Å². The fraction of sp³-hybridized carbons (Fsp3) is 0.522. The number of hydrogen-bond acceptors (Lipinski definition) is 6. The Morgan fingerprint density at radius 3 is 2.23 bits per heavy atom. The predicted molar refractivity (Wildman–Crippen MR) is 118 cm³/mol. The fourth-order valence-electron chi connectivity index (χ4n) is 2.68. The van der Waals surface area contributed by atoms with E-state index >= 15 is 0 Å². The molecule has 8 heteroatoms. The van der Waals surface area contributed by atoms with Gasteiger partial charge in [0.15, 0.2) is 0 Å². The van der Waals surface area contributed by atoms with Crippen LogP contribution in [0.1, 0.15) is 47.1 Å². The Kier molecular flexibility index (Phi) is 10.0. The number of nitrogens with one attached hydrogen (secondary N) is 2. The van der Waals surface area contributed by atoms with Gasteiger partial charge < -0.3 is 25.2 Å². The maximum Gasteiger partial charge on any atom is 0.408 e. The van der Waals surface area contributed by atoms with Gasteiger partial charge in [0, 0.05) is 6.08 Å². The smallest absolute Gasteiger partial charge is 0.408 e. The van der Waals surface area contributed by atoms with E-state index in [9.17, 15) is 19.5 Å². The van der Waals surface area contributed by atoms with E-state index in [4.69, 9.17) is 9.47 Å². The van der Waals surface area contributed by atoms with Crippen LogP contribution in [0.25, 0.3) is 0 Å². The molecular weight excluding hydrogens is 400 g/mol. The summed E-state index contributed by atoms with van der Waals surface area (Å²) in [5, 5.41) is 14.9. The van der Waals surface area contributed by atoms with Crippen LogP contribution in [0.2, 0.25) is 0 Å². The van der Waals surface area contributed by atoms with Crippen molar-refractivity contribution < 1.29 is 29.0 Å². The van der Waals surface area contributed by atoms with E-state index in [1.165, 1.54) is 6.08 Å². The molecule has 0 unspecified atom stereocenters. The van der Waals surface area contributed by atoms with Crippen LogP contribution in [0.4, 0.5) is 4.79 Å². The van der Waals surface area contributed by atoms with Gasteiger partial charge in [0.05, 0.1) is 12.6 Å². The third kappa shape index (κ3) is 10.5. The molecule has 2 atom stereocenters. The number of rotatable bonds is 9. The summed E-state index contributed by atoms with van der Waals surface area (Å²) in [6.45, 7) is 10.8. The van der Waals surface area contributed by atoms with E-state index in [1.54, 1.807) is 58.0 Å². The lowest BCUT2D eigenvalue weighted by Crippen LogP contribution is -2.53. The highest BCUT2D eigenvalue weighted by atomic mass is 16.6. The van der Waals surface area contributed by atoms with E-state index < -0.39 is 35.7 Å². The number of amides is 2. The highest BCUT2D eigenvalue weighted by molar-refractivity contribution is 5.86. The number of phenols is 1. The van der Waals surface area contributed by atoms with Gasteiger partial charge in [-0.25, -0.2) is 9.59 Å². The quantitative estimate of drug-likeness (QED) is 0.407. The molecule has 0 aliphatic heterocycles. The molecule has 8 nitrogen and oxygen atoms in total. The van der Waals surface area contributed by atoms with Crippen molar-refractivity contribution in [3.63, 3.8) is 0 Å². The molecule has 0 heterocycles. The van der Waals surface area contributed by atoms with Gasteiger partial charge in [-0.15, -0.1) is 0 Å². The number of aromatic hydroxyl groups is 1. The van der Waals surface area contributed by atoms with Gasteiger partial charge in [0.25, 0.3) is 0 Å². The molecule has 0 saturated carbocycles. The highest BCUT2D eigenvalue weighted by Crippen LogP contribution is 2.13. The molecule has 0 bridgehead atoms. The number of hydrogen-bond donors (Lipinski definition) is 3. The summed E-state index contributed by atoms with van der Waals surface area (Å²) in [5.41, 5.74) is 0.157. The second-order valence-electron chi connectivity index (χ2n) is 8.46. The van der Waals surface area contributed by atoms with Crippen molar-refractivity contribution in [3.05, 3.63) is 42.0 Å². The first kappa shape index (κ1) is 26.0. The number of esters is 1. The summed E-state index contributed by atoms with van der Waals surface area (Å²) >= 11 is 0. The maximum absolute atomic E-state index is 12.9. The lowest BCUT2D eigenvalue weighted by molar-refractivity contribution is -0.137. The van der Waals surface area contributed by atoms with Gasteiger partial charge in [-0.1, -0.05) is 32.1 Å². The fourth-order valence-corrected chi connectivity index (χ4v) is 2.68. The molecule has 2 amide bonds. The Morgan fingerprint density at radius 2 is 1.71 bits per heavy atom. The minimum absolute atomic E-state index is 0.132. The third-order valence-corrected chi connectivity index (χ3v) is 4.09. The van der Waals surface area contributed by atoms with E-state index in [0.717, 1.165) is 5.56 Å². The largest absolute Gasteiger partial charge is 0.508 e. The zero-order valence-electron chi connectivity index (χ0n) is 19.1. The van der Waals surface area contributed by atoms with Crippen LogP contribution in [0.15, 0.2) is 36.4 Å². The van der Waals surface area contributed by atoms with Crippen molar-refractivity contribution in [3.8, 4) is 5.75 Å². The Labute approximate surface area is 184 Å². The number of ether oxygens (including phenoxy) is 2. The van der Waals surface area contributed by atoms with E-state index in [1.807, 2.05) is 13.8 Å². The lowest BCUT2D eigenvalue weighted by Gasteiger charge is -2.26. The average molecular weight is 435 g/mol. The summed E-state index contributed by atoms with van der Waals surface area (Å²) in [6.07, 6.45) is 2.51. The minimum Gasteiger partial charge on any atom is -0.508 e. The minimum atomic E-state index is -0.826. The summed E-state index contributed by atoms with van der Waals surface area (Å²) in [6, 6.07) is 5.18. The molecule has 31 heavy (non-hydrogen) atoms. The molecule has 1 aromatic carbocycles. The molecular formula is C23H34N2O6. The first-order valence-corrected chi connectivity index (χ1v) is 10.3. The van der Waals surface area contributed by atoms with Gasteiger partial charge in [-0.05, 0) is 57.7 Å². The molecule has 3 N–H and O–H groups in total.